The molecule has 0 N–H and O–H groups in total. The topological polar surface area (TPSA) is 47.8 Å². The van der Waals surface area contributed by atoms with Crippen LogP contribution < -0.4 is 5.56 Å². The molecule has 0 aliphatic carbocycles. The molecule has 0 fully saturated rings. The highest BCUT2D eigenvalue weighted by atomic mass is 35.5. The molecule has 166 valence electrons. The van der Waals surface area contributed by atoms with E-state index in [1.165, 1.54) is 16.9 Å². The van der Waals surface area contributed by atoms with Crippen LogP contribution in [0.3, 0.4) is 0 Å². The van der Waals surface area contributed by atoms with Crippen molar-refractivity contribution in [1.29, 1.82) is 0 Å². The summed E-state index contributed by atoms with van der Waals surface area (Å²) in [6, 6.07) is 20.1. The van der Waals surface area contributed by atoms with Gasteiger partial charge in [-0.25, -0.2) is 9.97 Å². The Morgan fingerprint density at radius 3 is 2.48 bits per heavy atom. The van der Waals surface area contributed by atoms with Gasteiger partial charge in [0.15, 0.2) is 5.16 Å². The summed E-state index contributed by atoms with van der Waals surface area (Å²) in [6.07, 6.45) is 1.75. The Morgan fingerprint density at radius 2 is 1.76 bits per heavy atom. The number of nitrogens with zero attached hydrogens (tertiary/aromatic N) is 3. The Balaban J connectivity index is 1.58. The van der Waals surface area contributed by atoms with E-state index in [4.69, 9.17) is 16.6 Å². The van der Waals surface area contributed by atoms with Crippen molar-refractivity contribution in [2.75, 3.05) is 0 Å². The van der Waals surface area contributed by atoms with Crippen molar-refractivity contribution in [3.8, 4) is 0 Å². The van der Waals surface area contributed by atoms with Gasteiger partial charge in [0.25, 0.3) is 5.56 Å². The van der Waals surface area contributed by atoms with Crippen LogP contribution >= 0.6 is 34.7 Å². The van der Waals surface area contributed by atoms with E-state index in [1.807, 2.05) is 36.4 Å². The molecule has 0 amide bonds. The van der Waals surface area contributed by atoms with Gasteiger partial charge in [-0.3, -0.25) is 9.36 Å². The van der Waals surface area contributed by atoms with Gasteiger partial charge in [0, 0.05) is 22.4 Å². The Bertz CT molecular complexity index is 1490. The van der Waals surface area contributed by atoms with Crippen molar-refractivity contribution in [1.82, 2.24) is 14.5 Å². The van der Waals surface area contributed by atoms with E-state index in [9.17, 15) is 4.79 Å². The highest BCUT2D eigenvalue weighted by molar-refractivity contribution is 7.98. The van der Waals surface area contributed by atoms with Crippen LogP contribution in [-0.4, -0.2) is 14.5 Å². The fourth-order valence-corrected chi connectivity index (χ4v) is 5.81. The molecule has 0 unspecified atom stereocenters. The second kappa shape index (κ2) is 9.29. The van der Waals surface area contributed by atoms with E-state index in [2.05, 4.69) is 43.1 Å². The fraction of sp³-hybridized carbons (Fsp3) is 0.192. The van der Waals surface area contributed by atoms with Gasteiger partial charge in [-0.15, -0.1) is 11.3 Å². The highest BCUT2D eigenvalue weighted by Gasteiger charge is 2.17. The van der Waals surface area contributed by atoms with Crippen LogP contribution in [0.15, 0.2) is 76.8 Å². The normalized spacial score (nSPS) is 11.6. The van der Waals surface area contributed by atoms with Gasteiger partial charge in [0.05, 0.1) is 12.1 Å². The molecule has 0 aliphatic rings. The van der Waals surface area contributed by atoms with Crippen molar-refractivity contribution >= 4 is 55.1 Å². The van der Waals surface area contributed by atoms with Crippen molar-refractivity contribution in [3.05, 3.63) is 98.9 Å². The van der Waals surface area contributed by atoms with E-state index in [-0.39, 0.29) is 5.56 Å². The molecule has 0 saturated heterocycles. The van der Waals surface area contributed by atoms with Crippen LogP contribution in [0.1, 0.15) is 36.5 Å². The molecular formula is C26H22ClN3OS2. The monoisotopic (exact) mass is 491 g/mol. The van der Waals surface area contributed by atoms with Crippen LogP contribution in [-0.2, 0) is 12.3 Å². The molecule has 5 rings (SSSR count). The van der Waals surface area contributed by atoms with Crippen molar-refractivity contribution in [2.45, 2.75) is 37.2 Å². The van der Waals surface area contributed by atoms with Crippen LogP contribution in [0, 0.1) is 0 Å². The third-order valence-corrected chi connectivity index (χ3v) is 7.98. The lowest BCUT2D eigenvalue weighted by Gasteiger charge is -2.13. The number of hydrogen-bond donors (Lipinski definition) is 0. The third kappa shape index (κ3) is 4.56. The zero-order chi connectivity index (χ0) is 22.9. The summed E-state index contributed by atoms with van der Waals surface area (Å²) < 4.78 is 2.45. The van der Waals surface area contributed by atoms with E-state index in [0.717, 1.165) is 26.9 Å². The predicted octanol–water partition coefficient (Wildman–Crippen LogP) is 7.12. The smallest absolute Gasteiger partial charge is 0.272 e. The molecule has 0 aliphatic heterocycles. The van der Waals surface area contributed by atoms with Gasteiger partial charge < -0.3 is 0 Å². The zero-order valence-corrected chi connectivity index (χ0v) is 20.7. The first-order valence-corrected chi connectivity index (χ1v) is 12.9. The molecule has 3 aromatic heterocycles. The maximum absolute atomic E-state index is 13.6. The zero-order valence-electron chi connectivity index (χ0n) is 18.3. The van der Waals surface area contributed by atoms with Crippen LogP contribution in [0.5, 0.6) is 0 Å². The van der Waals surface area contributed by atoms with Crippen molar-refractivity contribution < 1.29 is 0 Å². The summed E-state index contributed by atoms with van der Waals surface area (Å²) in [4.78, 5) is 23.9. The van der Waals surface area contributed by atoms with Crippen molar-refractivity contribution in [3.63, 3.8) is 0 Å². The largest absolute Gasteiger partial charge is 0.282 e. The number of benzene rings is 2. The predicted molar refractivity (Wildman–Crippen MR) is 140 cm³/mol. The van der Waals surface area contributed by atoms with Gasteiger partial charge in [0.2, 0.25) is 0 Å². The Labute approximate surface area is 205 Å². The molecule has 5 aromatic rings. The average Bonchev–Trinajstić information content (AvgIpc) is 3.20. The quantitative estimate of drug-likeness (QED) is 0.187. The average molecular weight is 492 g/mol. The first-order chi connectivity index (χ1) is 16.0. The minimum Gasteiger partial charge on any atom is -0.282 e. The van der Waals surface area contributed by atoms with Gasteiger partial charge in [-0.05, 0) is 46.9 Å². The lowest BCUT2D eigenvalue weighted by Crippen LogP contribution is -2.23. The summed E-state index contributed by atoms with van der Waals surface area (Å²) in [5, 5.41) is 2.35. The molecule has 4 nitrogen and oxygen atoms in total. The number of pyridine rings is 1. The van der Waals surface area contributed by atoms with Gasteiger partial charge in [-0.1, -0.05) is 73.6 Å². The number of rotatable bonds is 6. The van der Waals surface area contributed by atoms with Crippen LogP contribution in [0.4, 0.5) is 0 Å². The second-order valence-corrected chi connectivity index (χ2v) is 10.6. The summed E-state index contributed by atoms with van der Waals surface area (Å²) in [6.45, 7) is 4.83. The highest BCUT2D eigenvalue weighted by Crippen LogP contribution is 2.31. The number of halogens is 1. The second-order valence-electron chi connectivity index (χ2n) is 8.23. The molecule has 0 atom stereocenters. The number of hydrogen-bond acceptors (Lipinski definition) is 5. The SMILES string of the molecule is CC(C)c1ccc(Cn2c(SCc3ccc(Cl)cc3)nc3c(sc4ncccc43)c2=O)cc1. The maximum atomic E-state index is 13.6. The minimum absolute atomic E-state index is 0.0189. The van der Waals surface area contributed by atoms with Gasteiger partial charge in [0.1, 0.15) is 9.53 Å². The first kappa shape index (κ1) is 22.1. The van der Waals surface area contributed by atoms with Gasteiger partial charge >= 0.3 is 0 Å². The number of aromatic nitrogens is 3. The molecule has 7 heteroatoms. The summed E-state index contributed by atoms with van der Waals surface area (Å²) in [5.41, 5.74) is 4.21. The molecule has 0 bridgehead atoms. The lowest BCUT2D eigenvalue weighted by molar-refractivity contribution is 0.659. The van der Waals surface area contributed by atoms with E-state index in [0.29, 0.717) is 33.1 Å². The van der Waals surface area contributed by atoms with E-state index in [1.54, 1.807) is 22.5 Å². The Hall–Kier alpha value is -2.67. The number of thiophene rings is 1. The molecule has 0 spiro atoms. The summed E-state index contributed by atoms with van der Waals surface area (Å²) >= 11 is 9.02. The lowest BCUT2D eigenvalue weighted by atomic mass is 10.0. The maximum Gasteiger partial charge on any atom is 0.272 e. The van der Waals surface area contributed by atoms with Crippen LogP contribution in [0.25, 0.3) is 20.4 Å². The molecule has 33 heavy (non-hydrogen) atoms. The van der Waals surface area contributed by atoms with Crippen molar-refractivity contribution in [2.24, 2.45) is 0 Å². The summed E-state index contributed by atoms with van der Waals surface area (Å²) in [7, 11) is 0. The Kier molecular flexibility index (Phi) is 6.23. The minimum atomic E-state index is -0.0189. The molecule has 3 heterocycles. The Morgan fingerprint density at radius 1 is 1.03 bits per heavy atom. The molecule has 0 radical (unpaired) electrons. The third-order valence-electron chi connectivity index (χ3n) is 5.59. The molecule has 2 aromatic carbocycles. The molecular weight excluding hydrogens is 470 g/mol. The van der Waals surface area contributed by atoms with Crippen LogP contribution in [0.2, 0.25) is 5.02 Å². The first-order valence-electron chi connectivity index (χ1n) is 10.7. The fourth-order valence-electron chi connectivity index (χ4n) is 3.71. The number of thioether (sulfide) groups is 1. The molecule has 0 saturated carbocycles. The number of fused-ring (bicyclic) bond motifs is 3. The van der Waals surface area contributed by atoms with E-state index >= 15 is 0 Å². The van der Waals surface area contributed by atoms with Gasteiger partial charge in [-0.2, -0.15) is 0 Å². The van der Waals surface area contributed by atoms with E-state index < -0.39 is 0 Å². The summed E-state index contributed by atoms with van der Waals surface area (Å²) in [5.74, 6) is 1.16. The standard InChI is InChI=1S/C26H22ClN3OS2/c1-16(2)19-9-5-17(6-10-19)14-30-25(31)23-22(21-4-3-13-28-24(21)33-23)29-26(30)32-15-18-7-11-20(27)12-8-18/h3-13,16H,14-15H2,1-2H3.